The Hall–Kier alpha value is -1.26. The van der Waals surface area contributed by atoms with Crippen LogP contribution in [0.5, 0.6) is 5.75 Å². The van der Waals surface area contributed by atoms with E-state index in [0.29, 0.717) is 30.3 Å². The highest BCUT2D eigenvalue weighted by molar-refractivity contribution is 6.32. The van der Waals surface area contributed by atoms with Crippen molar-refractivity contribution in [3.05, 3.63) is 23.2 Å². The second-order valence-electron chi connectivity index (χ2n) is 4.24. The number of carbonyl (C=O) groups is 1. The number of nitrogens with one attached hydrogen (secondary N) is 1. The molecule has 1 atom stereocenters. The fourth-order valence-corrected chi connectivity index (χ4v) is 2.31. The molecule has 1 heterocycles. The molecule has 1 aromatic rings. The second kappa shape index (κ2) is 5.59. The molecule has 98 valence electrons. The van der Waals surface area contributed by atoms with Crippen molar-refractivity contribution in [3.8, 4) is 5.75 Å². The zero-order valence-corrected chi connectivity index (χ0v) is 11.3. The largest absolute Gasteiger partial charge is 0.492 e. The summed E-state index contributed by atoms with van der Waals surface area (Å²) in [6.07, 6.45) is 0.529. The van der Waals surface area contributed by atoms with Gasteiger partial charge in [-0.25, -0.2) is 0 Å². The van der Waals surface area contributed by atoms with Gasteiger partial charge < -0.3 is 15.0 Å². The van der Waals surface area contributed by atoms with E-state index in [4.69, 9.17) is 16.3 Å². The van der Waals surface area contributed by atoms with Crippen LogP contribution in [-0.2, 0) is 4.79 Å². The minimum absolute atomic E-state index is 0.120. The highest BCUT2D eigenvalue weighted by Gasteiger charge is 2.29. The Balaban J connectivity index is 2.19. The number of nitrogens with zero attached hydrogens (tertiary/aromatic N) is 1. The summed E-state index contributed by atoms with van der Waals surface area (Å²) in [4.78, 5) is 13.6. The van der Waals surface area contributed by atoms with Crippen molar-refractivity contribution in [1.29, 1.82) is 0 Å². The molecular formula is C13H17ClN2O2. The molecule has 0 saturated carbocycles. The monoisotopic (exact) mass is 268 g/mol. The SMILES string of the molecule is CCOc1ccc(N2CC(NC)CC2=O)cc1Cl. The zero-order chi connectivity index (χ0) is 13.1. The Kier molecular flexibility index (Phi) is 4.09. The van der Waals surface area contributed by atoms with Gasteiger partial charge in [0.1, 0.15) is 5.75 Å². The highest BCUT2D eigenvalue weighted by Crippen LogP contribution is 2.31. The first-order chi connectivity index (χ1) is 8.65. The van der Waals surface area contributed by atoms with Crippen molar-refractivity contribution in [2.75, 3.05) is 25.1 Å². The van der Waals surface area contributed by atoms with Gasteiger partial charge in [-0.3, -0.25) is 4.79 Å². The Bertz CT molecular complexity index is 451. The first-order valence-corrected chi connectivity index (χ1v) is 6.43. The van der Waals surface area contributed by atoms with Gasteiger partial charge >= 0.3 is 0 Å². The molecule has 1 aliphatic rings. The number of halogens is 1. The highest BCUT2D eigenvalue weighted by atomic mass is 35.5. The number of amides is 1. The van der Waals surface area contributed by atoms with E-state index in [-0.39, 0.29) is 11.9 Å². The molecule has 0 aliphatic carbocycles. The molecule has 2 rings (SSSR count). The predicted molar refractivity (Wildman–Crippen MR) is 72.4 cm³/mol. The summed E-state index contributed by atoms with van der Waals surface area (Å²) in [5.74, 6) is 0.773. The third-order valence-electron chi connectivity index (χ3n) is 3.06. The van der Waals surface area contributed by atoms with Crippen molar-refractivity contribution in [1.82, 2.24) is 5.32 Å². The van der Waals surface area contributed by atoms with Gasteiger partial charge in [0.15, 0.2) is 0 Å². The van der Waals surface area contributed by atoms with Gasteiger partial charge in [0.2, 0.25) is 5.91 Å². The molecule has 0 spiro atoms. The topological polar surface area (TPSA) is 41.6 Å². The van der Waals surface area contributed by atoms with Crippen LogP contribution in [0, 0.1) is 0 Å². The number of benzene rings is 1. The van der Waals surface area contributed by atoms with Crippen LogP contribution in [0.25, 0.3) is 0 Å². The van der Waals surface area contributed by atoms with E-state index in [9.17, 15) is 4.79 Å². The van der Waals surface area contributed by atoms with E-state index in [0.717, 1.165) is 5.69 Å². The first kappa shape index (κ1) is 13.2. The van der Waals surface area contributed by atoms with E-state index in [1.54, 1.807) is 17.0 Å². The molecule has 0 bridgehead atoms. The lowest BCUT2D eigenvalue weighted by Crippen LogP contribution is -2.30. The molecule has 1 amide bonds. The minimum Gasteiger partial charge on any atom is -0.492 e. The Morgan fingerprint density at radius 1 is 1.56 bits per heavy atom. The molecule has 1 aromatic carbocycles. The summed E-state index contributed by atoms with van der Waals surface area (Å²) in [5, 5.41) is 3.66. The number of likely N-dealkylation sites (N-methyl/N-ethyl adjacent to an activating group) is 1. The van der Waals surface area contributed by atoms with E-state index in [2.05, 4.69) is 5.32 Å². The van der Waals surface area contributed by atoms with Gasteiger partial charge in [-0.1, -0.05) is 11.6 Å². The van der Waals surface area contributed by atoms with Crippen molar-refractivity contribution in [3.63, 3.8) is 0 Å². The second-order valence-corrected chi connectivity index (χ2v) is 4.65. The molecule has 0 aromatic heterocycles. The molecule has 4 nitrogen and oxygen atoms in total. The maximum atomic E-state index is 11.9. The van der Waals surface area contributed by atoms with Gasteiger partial charge in [-0.05, 0) is 32.2 Å². The molecule has 1 saturated heterocycles. The zero-order valence-electron chi connectivity index (χ0n) is 10.6. The predicted octanol–water partition coefficient (Wildman–Crippen LogP) is 2.06. The third-order valence-corrected chi connectivity index (χ3v) is 3.36. The van der Waals surface area contributed by atoms with Crippen molar-refractivity contribution < 1.29 is 9.53 Å². The van der Waals surface area contributed by atoms with Crippen molar-refractivity contribution in [2.45, 2.75) is 19.4 Å². The summed E-state index contributed by atoms with van der Waals surface area (Å²) < 4.78 is 5.38. The third kappa shape index (κ3) is 2.60. The normalized spacial score (nSPS) is 19.4. The maximum Gasteiger partial charge on any atom is 0.228 e. The number of hydrogen-bond donors (Lipinski definition) is 1. The number of carbonyl (C=O) groups excluding carboxylic acids is 1. The summed E-state index contributed by atoms with van der Waals surface area (Å²) in [6.45, 7) is 3.16. The molecule has 1 N–H and O–H groups in total. The van der Waals surface area contributed by atoms with Crippen LogP contribution >= 0.6 is 11.6 Å². The average Bonchev–Trinajstić information content (AvgIpc) is 2.73. The number of anilines is 1. The first-order valence-electron chi connectivity index (χ1n) is 6.05. The summed E-state index contributed by atoms with van der Waals surface area (Å²) >= 11 is 6.13. The molecule has 0 radical (unpaired) electrons. The van der Waals surface area contributed by atoms with Crippen LogP contribution in [0.1, 0.15) is 13.3 Å². The quantitative estimate of drug-likeness (QED) is 0.909. The van der Waals surface area contributed by atoms with E-state index < -0.39 is 0 Å². The van der Waals surface area contributed by atoms with Crippen molar-refractivity contribution >= 4 is 23.2 Å². The van der Waals surface area contributed by atoms with E-state index in [1.807, 2.05) is 20.0 Å². The van der Waals surface area contributed by atoms with Crippen LogP contribution in [0.15, 0.2) is 18.2 Å². The maximum absolute atomic E-state index is 11.9. The van der Waals surface area contributed by atoms with Crippen molar-refractivity contribution in [2.24, 2.45) is 0 Å². The molecule has 1 fully saturated rings. The molecule has 5 heteroatoms. The smallest absolute Gasteiger partial charge is 0.228 e. The average molecular weight is 269 g/mol. The standard InChI is InChI=1S/C13H17ClN2O2/c1-3-18-12-5-4-10(7-11(12)14)16-8-9(15-2)6-13(16)17/h4-5,7,9,15H,3,6,8H2,1-2H3. The summed E-state index contributed by atoms with van der Waals surface area (Å²) in [5.41, 5.74) is 0.825. The fraction of sp³-hybridized carbons (Fsp3) is 0.462. The van der Waals surface area contributed by atoms with Crippen LogP contribution in [0.2, 0.25) is 5.02 Å². The molecular weight excluding hydrogens is 252 g/mol. The molecule has 1 aliphatic heterocycles. The lowest BCUT2D eigenvalue weighted by Gasteiger charge is -2.18. The van der Waals surface area contributed by atoms with E-state index >= 15 is 0 Å². The molecule has 1 unspecified atom stereocenters. The van der Waals surface area contributed by atoms with Crippen LogP contribution in [0.3, 0.4) is 0 Å². The lowest BCUT2D eigenvalue weighted by molar-refractivity contribution is -0.117. The summed E-state index contributed by atoms with van der Waals surface area (Å²) in [7, 11) is 1.87. The fourth-order valence-electron chi connectivity index (χ4n) is 2.08. The van der Waals surface area contributed by atoms with E-state index in [1.165, 1.54) is 0 Å². The van der Waals surface area contributed by atoms with Gasteiger partial charge in [-0.2, -0.15) is 0 Å². The number of ether oxygens (including phenoxy) is 1. The summed E-state index contributed by atoms with van der Waals surface area (Å²) in [6, 6.07) is 5.67. The van der Waals surface area contributed by atoms with Gasteiger partial charge in [0, 0.05) is 24.7 Å². The Morgan fingerprint density at radius 3 is 2.89 bits per heavy atom. The van der Waals surface area contributed by atoms with Crippen LogP contribution in [0.4, 0.5) is 5.69 Å². The number of hydrogen-bond acceptors (Lipinski definition) is 3. The molecule has 18 heavy (non-hydrogen) atoms. The van der Waals surface area contributed by atoms with Crippen LogP contribution < -0.4 is 15.0 Å². The minimum atomic E-state index is 0.120. The van der Waals surface area contributed by atoms with Gasteiger partial charge in [-0.15, -0.1) is 0 Å². The van der Waals surface area contributed by atoms with Gasteiger partial charge in [0.25, 0.3) is 0 Å². The Labute approximate surface area is 112 Å². The lowest BCUT2D eigenvalue weighted by atomic mass is 10.2. The van der Waals surface area contributed by atoms with Gasteiger partial charge in [0.05, 0.1) is 11.6 Å². The van der Waals surface area contributed by atoms with Crippen LogP contribution in [-0.4, -0.2) is 32.1 Å². The number of rotatable bonds is 4. The Morgan fingerprint density at radius 2 is 2.33 bits per heavy atom.